The maximum absolute atomic E-state index is 12.3. The molecular formula is C22H37N3NiO9P2. The fraction of sp³-hybridized carbons (Fsp3) is 0.591. The van der Waals surface area contributed by atoms with Crippen molar-refractivity contribution < 1.29 is 48.6 Å². The first-order valence-electron chi connectivity index (χ1n) is 11.1. The van der Waals surface area contributed by atoms with Gasteiger partial charge in [-0.05, 0) is 6.08 Å². The summed E-state index contributed by atoms with van der Waals surface area (Å²) in [5.41, 5.74) is -1.24. The van der Waals surface area contributed by atoms with E-state index in [9.17, 15) is 14.2 Å². The largest absolute Gasteiger partial charge is 2.00 e. The SMILES string of the molecule is [C-]#[N+]CCOPOC1[C@@H](/C=C/P(=O)(OC)OC)O[C@@H](n2ccc(=O)[nH]c2=O)[C@H]1OC.[CH2-]CC.[CH2-]CC.[Ni+2]. The Labute approximate surface area is 230 Å². The summed E-state index contributed by atoms with van der Waals surface area (Å²) in [5.74, 6) is 1.22. The summed E-state index contributed by atoms with van der Waals surface area (Å²) in [5, 5.41) is 0. The Morgan fingerprint density at radius 3 is 2.30 bits per heavy atom. The van der Waals surface area contributed by atoms with Gasteiger partial charge in [-0.2, -0.15) is 12.8 Å². The third-order valence-electron chi connectivity index (χ3n) is 4.14. The first kappa shape index (κ1) is 38.0. The van der Waals surface area contributed by atoms with Crippen molar-refractivity contribution in [2.45, 2.75) is 51.2 Å². The van der Waals surface area contributed by atoms with Crippen LogP contribution >= 0.6 is 16.6 Å². The molecule has 37 heavy (non-hydrogen) atoms. The number of aromatic nitrogens is 2. The molecule has 0 bridgehead atoms. The molecule has 2 rings (SSSR count). The molecule has 1 aromatic rings. The van der Waals surface area contributed by atoms with E-state index in [2.05, 4.69) is 23.7 Å². The smallest absolute Gasteiger partial charge is 0.374 e. The molecule has 0 aliphatic carbocycles. The summed E-state index contributed by atoms with van der Waals surface area (Å²) in [4.78, 5) is 28.9. The summed E-state index contributed by atoms with van der Waals surface area (Å²) in [6, 6.07) is 1.18. The van der Waals surface area contributed by atoms with Crippen molar-refractivity contribution in [3.63, 3.8) is 0 Å². The second-order valence-corrected chi connectivity index (χ2v) is 9.65. The molecule has 0 spiro atoms. The molecule has 12 nitrogen and oxygen atoms in total. The number of hydrogen-bond donors (Lipinski definition) is 1. The number of nitrogens with zero attached hydrogens (tertiary/aromatic N) is 2. The van der Waals surface area contributed by atoms with Crippen molar-refractivity contribution in [2.75, 3.05) is 34.5 Å². The maximum atomic E-state index is 12.3. The summed E-state index contributed by atoms with van der Waals surface area (Å²) in [6.45, 7) is 18.1. The van der Waals surface area contributed by atoms with Crippen molar-refractivity contribution in [1.82, 2.24) is 9.55 Å². The van der Waals surface area contributed by atoms with Crippen molar-refractivity contribution in [1.29, 1.82) is 0 Å². The molecule has 0 aromatic carbocycles. The molecule has 0 saturated carbocycles. The number of aromatic amines is 1. The first-order valence-corrected chi connectivity index (χ1v) is 13.5. The van der Waals surface area contributed by atoms with Gasteiger partial charge in [0.1, 0.15) is 24.9 Å². The number of hydrogen-bond acceptors (Lipinski definition) is 9. The molecule has 0 radical (unpaired) electrons. The Morgan fingerprint density at radius 1 is 1.22 bits per heavy atom. The molecule has 1 aromatic heterocycles. The minimum atomic E-state index is -3.47. The summed E-state index contributed by atoms with van der Waals surface area (Å²) in [7, 11) is -0.00288. The average molecular weight is 608 g/mol. The Kier molecular flexibility index (Phi) is 22.3. The van der Waals surface area contributed by atoms with Crippen LogP contribution in [0.25, 0.3) is 4.85 Å². The van der Waals surface area contributed by atoms with Gasteiger partial charge in [0.25, 0.3) is 5.56 Å². The van der Waals surface area contributed by atoms with E-state index in [1.165, 1.54) is 45.5 Å². The topological polar surface area (TPSA) is 132 Å². The zero-order valence-electron chi connectivity index (χ0n) is 21.7. The number of ether oxygens (including phenoxy) is 2. The molecule has 1 aliphatic heterocycles. The summed E-state index contributed by atoms with van der Waals surface area (Å²) in [6.07, 6.45) is 1.43. The summed E-state index contributed by atoms with van der Waals surface area (Å²) < 4.78 is 45.7. The van der Waals surface area contributed by atoms with Gasteiger partial charge >= 0.3 is 29.8 Å². The molecule has 1 N–H and O–H groups in total. The fourth-order valence-electron chi connectivity index (χ4n) is 2.67. The van der Waals surface area contributed by atoms with Crippen LogP contribution in [0, 0.1) is 20.4 Å². The minimum absolute atomic E-state index is 0. The molecule has 5 atom stereocenters. The van der Waals surface area contributed by atoms with Crippen LogP contribution in [0.5, 0.6) is 0 Å². The molecule has 2 unspecified atom stereocenters. The molecule has 1 aliphatic rings. The van der Waals surface area contributed by atoms with E-state index in [1.54, 1.807) is 0 Å². The zero-order valence-corrected chi connectivity index (χ0v) is 24.6. The van der Waals surface area contributed by atoms with Crippen LogP contribution in [0.4, 0.5) is 0 Å². The Balaban J connectivity index is 0. The van der Waals surface area contributed by atoms with Crippen LogP contribution in [0.2, 0.25) is 0 Å². The van der Waals surface area contributed by atoms with E-state index in [4.69, 9.17) is 34.1 Å². The van der Waals surface area contributed by atoms with Gasteiger partial charge in [-0.25, -0.2) is 11.4 Å². The van der Waals surface area contributed by atoms with Gasteiger partial charge < -0.3 is 46.3 Å². The predicted octanol–water partition coefficient (Wildman–Crippen LogP) is 3.74. The molecule has 15 heteroatoms. The second-order valence-electron chi connectivity index (χ2n) is 6.85. The van der Waals surface area contributed by atoms with E-state index in [-0.39, 0.29) is 29.6 Å². The van der Waals surface area contributed by atoms with Gasteiger partial charge in [0.2, 0.25) is 6.54 Å². The third kappa shape index (κ3) is 13.4. The Bertz CT molecular complexity index is 958. The van der Waals surface area contributed by atoms with E-state index in [0.29, 0.717) is 0 Å². The van der Waals surface area contributed by atoms with Crippen molar-refractivity contribution in [3.8, 4) is 0 Å². The van der Waals surface area contributed by atoms with Crippen LogP contribution in [-0.4, -0.2) is 62.3 Å². The van der Waals surface area contributed by atoms with Crippen LogP contribution in [-0.2, 0) is 48.6 Å². The minimum Gasteiger partial charge on any atom is -0.374 e. The van der Waals surface area contributed by atoms with Crippen molar-refractivity contribution in [2.24, 2.45) is 0 Å². The Hall–Kier alpha value is -1.18. The van der Waals surface area contributed by atoms with Gasteiger partial charge in [0.15, 0.2) is 15.3 Å². The van der Waals surface area contributed by atoms with Gasteiger partial charge in [-0.3, -0.25) is 18.9 Å². The first-order chi connectivity index (χ1) is 17.2. The number of rotatable bonds is 11. The fourth-order valence-corrected chi connectivity index (χ4v) is 4.06. The standard InChI is InChI=1S/C16H23N3O9P2.2C3H7.Ni/c1-17-7-9-26-29-28-13-11(6-10-30(22,24-3)25-4)27-15(14(13)23-2)19-8-5-12(20)18-16(19)21;2*1-3-2;/h5-6,8,10-11,13-15,29H,7,9H2,2-4H3,(H,18,20,21);2*1,3H2,2H3;/q;2*-1;+2/b10-6+;;;/t11-,13?,14+,15-;;;/m1.../s1. The van der Waals surface area contributed by atoms with E-state index in [0.717, 1.165) is 17.4 Å². The van der Waals surface area contributed by atoms with E-state index >= 15 is 0 Å². The molecule has 214 valence electrons. The normalized spacial score (nSPS) is 21.0. The number of nitrogens with one attached hydrogen (secondary N) is 1. The monoisotopic (exact) mass is 607 g/mol. The van der Waals surface area contributed by atoms with Gasteiger partial charge in [0.05, 0.1) is 0 Å². The second kappa shape index (κ2) is 21.7. The van der Waals surface area contributed by atoms with Gasteiger partial charge in [-0.1, -0.05) is 13.8 Å². The van der Waals surface area contributed by atoms with Gasteiger partial charge in [-0.15, -0.1) is 0 Å². The molecule has 1 fully saturated rings. The van der Waals surface area contributed by atoms with Crippen LogP contribution in [0.3, 0.4) is 0 Å². The maximum Gasteiger partial charge on any atom is 2.00 e. The van der Waals surface area contributed by atoms with Crippen molar-refractivity contribution >= 4 is 16.6 Å². The third-order valence-corrected chi connectivity index (χ3v) is 6.38. The predicted molar refractivity (Wildman–Crippen MR) is 139 cm³/mol. The van der Waals surface area contributed by atoms with Crippen molar-refractivity contribution in [3.05, 3.63) is 70.3 Å². The zero-order chi connectivity index (χ0) is 27.6. The van der Waals surface area contributed by atoms with Crippen LogP contribution in [0.15, 0.2) is 33.7 Å². The number of methoxy groups -OCH3 is 1. The van der Waals surface area contributed by atoms with Crippen LogP contribution < -0.4 is 11.2 Å². The Morgan fingerprint density at radius 2 is 1.81 bits per heavy atom. The van der Waals surface area contributed by atoms with Gasteiger partial charge in [0, 0.05) is 39.4 Å². The van der Waals surface area contributed by atoms with E-state index < -0.39 is 52.4 Å². The molecule has 0 amide bonds. The molecular weight excluding hydrogens is 571 g/mol. The quantitative estimate of drug-likeness (QED) is 0.173. The number of H-pyrrole nitrogens is 1. The molecule has 1 saturated heterocycles. The summed E-state index contributed by atoms with van der Waals surface area (Å²) >= 11 is 0. The van der Waals surface area contributed by atoms with Crippen LogP contribution in [0.1, 0.15) is 32.9 Å². The molecule has 2 heterocycles. The average Bonchev–Trinajstić information content (AvgIpc) is 3.20. The van der Waals surface area contributed by atoms with E-state index in [1.807, 2.05) is 13.8 Å².